The minimum Gasteiger partial charge on any atom is -0.443 e. The van der Waals surface area contributed by atoms with Crippen molar-refractivity contribution in [2.45, 2.75) is 38.3 Å². The molecule has 1 fully saturated rings. The van der Waals surface area contributed by atoms with E-state index >= 15 is 0 Å². The molecule has 3 aromatic rings. The maximum atomic E-state index is 13.9. The fourth-order valence-electron chi connectivity index (χ4n) is 3.68. The highest BCUT2D eigenvalue weighted by molar-refractivity contribution is 5.76. The summed E-state index contributed by atoms with van der Waals surface area (Å²) in [4.78, 5) is 44.1. The van der Waals surface area contributed by atoms with Crippen LogP contribution in [0.2, 0.25) is 0 Å². The molecule has 156 valence electrons. The van der Waals surface area contributed by atoms with Gasteiger partial charge in [-0.1, -0.05) is 18.2 Å². The van der Waals surface area contributed by atoms with Gasteiger partial charge in [-0.25, -0.2) is 14.2 Å². The summed E-state index contributed by atoms with van der Waals surface area (Å²) in [6, 6.07) is 7.33. The SMILES string of the molecule is O=C(Cn1ccc(=O)[nH]c1=O)N1CCCC[C@H]1c1ncc(Cc2ccccc2F)o1. The standard InChI is InChI=1S/C21H21FN4O4/c22-16-6-2-1-5-14(16)11-15-12-23-20(30-15)17-7-3-4-9-26(17)19(28)13-25-10-8-18(27)24-21(25)29/h1-2,5-6,8,10,12,17H,3-4,7,9,11,13H2,(H,24,27,29)/t17-/m0/s1. The van der Waals surface area contributed by atoms with E-state index in [2.05, 4.69) is 9.97 Å². The van der Waals surface area contributed by atoms with Crippen molar-refractivity contribution < 1.29 is 13.6 Å². The highest BCUT2D eigenvalue weighted by Gasteiger charge is 2.31. The summed E-state index contributed by atoms with van der Waals surface area (Å²) in [7, 11) is 0. The summed E-state index contributed by atoms with van der Waals surface area (Å²) in [5.41, 5.74) is -0.636. The third kappa shape index (κ3) is 4.24. The highest BCUT2D eigenvalue weighted by atomic mass is 19.1. The number of nitrogens with zero attached hydrogens (tertiary/aromatic N) is 3. The number of carbonyl (C=O) groups is 1. The topological polar surface area (TPSA) is 101 Å². The van der Waals surface area contributed by atoms with E-state index in [0.29, 0.717) is 30.2 Å². The Morgan fingerprint density at radius 2 is 2.07 bits per heavy atom. The van der Waals surface area contributed by atoms with Crippen LogP contribution in [0, 0.1) is 5.82 Å². The van der Waals surface area contributed by atoms with E-state index in [0.717, 1.165) is 17.4 Å². The first kappa shape index (κ1) is 19.8. The van der Waals surface area contributed by atoms with Crippen molar-refractivity contribution >= 4 is 5.91 Å². The van der Waals surface area contributed by atoms with Crippen molar-refractivity contribution in [1.29, 1.82) is 0 Å². The van der Waals surface area contributed by atoms with Crippen molar-refractivity contribution in [3.8, 4) is 0 Å². The number of piperidine rings is 1. The quantitative estimate of drug-likeness (QED) is 0.691. The lowest BCUT2D eigenvalue weighted by molar-refractivity contribution is -0.136. The molecule has 4 rings (SSSR count). The van der Waals surface area contributed by atoms with Gasteiger partial charge in [0.15, 0.2) is 0 Å². The largest absolute Gasteiger partial charge is 0.443 e. The van der Waals surface area contributed by atoms with Gasteiger partial charge in [0, 0.05) is 25.2 Å². The van der Waals surface area contributed by atoms with Gasteiger partial charge in [0.05, 0.1) is 6.20 Å². The summed E-state index contributed by atoms with van der Waals surface area (Å²) in [5, 5.41) is 0. The van der Waals surface area contributed by atoms with Crippen LogP contribution in [0.15, 0.2) is 56.7 Å². The van der Waals surface area contributed by atoms with Crippen molar-refractivity contribution in [3.05, 3.63) is 86.6 Å². The first-order chi connectivity index (χ1) is 14.5. The number of aromatic nitrogens is 3. The molecule has 1 aliphatic rings. The van der Waals surface area contributed by atoms with E-state index in [-0.39, 0.29) is 30.7 Å². The van der Waals surface area contributed by atoms with Crippen LogP contribution in [0.4, 0.5) is 4.39 Å². The van der Waals surface area contributed by atoms with Crippen LogP contribution in [0.25, 0.3) is 0 Å². The van der Waals surface area contributed by atoms with E-state index in [1.807, 2.05) is 0 Å². The Morgan fingerprint density at radius 3 is 2.87 bits per heavy atom. The molecule has 1 aromatic carbocycles. The van der Waals surface area contributed by atoms with Crippen LogP contribution in [0.3, 0.4) is 0 Å². The van der Waals surface area contributed by atoms with Gasteiger partial charge in [-0.2, -0.15) is 0 Å². The van der Waals surface area contributed by atoms with Gasteiger partial charge in [-0.05, 0) is 30.9 Å². The molecule has 8 nitrogen and oxygen atoms in total. The lowest BCUT2D eigenvalue weighted by Crippen LogP contribution is -2.42. The van der Waals surface area contributed by atoms with Crippen LogP contribution in [-0.2, 0) is 17.8 Å². The number of likely N-dealkylation sites (tertiary alicyclic amines) is 1. The molecule has 0 aliphatic carbocycles. The number of oxazole rings is 1. The zero-order valence-corrected chi connectivity index (χ0v) is 16.2. The Bertz CT molecular complexity index is 1170. The Balaban J connectivity index is 1.51. The summed E-state index contributed by atoms with van der Waals surface area (Å²) >= 11 is 0. The first-order valence-corrected chi connectivity index (χ1v) is 9.78. The van der Waals surface area contributed by atoms with E-state index in [9.17, 15) is 18.8 Å². The van der Waals surface area contributed by atoms with Gasteiger partial charge in [0.2, 0.25) is 11.8 Å². The third-order valence-electron chi connectivity index (χ3n) is 5.20. The number of benzene rings is 1. The van der Waals surface area contributed by atoms with Gasteiger partial charge in [-0.3, -0.25) is 19.1 Å². The van der Waals surface area contributed by atoms with Crippen molar-refractivity contribution in [3.63, 3.8) is 0 Å². The molecule has 0 saturated carbocycles. The maximum absolute atomic E-state index is 13.9. The number of amides is 1. The van der Waals surface area contributed by atoms with Gasteiger partial charge in [0.1, 0.15) is 24.2 Å². The molecule has 0 radical (unpaired) electrons. The molecule has 1 atom stereocenters. The first-order valence-electron chi connectivity index (χ1n) is 9.78. The molecule has 2 aromatic heterocycles. The molecule has 1 amide bonds. The van der Waals surface area contributed by atoms with Crippen molar-refractivity contribution in [1.82, 2.24) is 19.4 Å². The molecule has 0 bridgehead atoms. The van der Waals surface area contributed by atoms with E-state index < -0.39 is 11.2 Å². The molecular formula is C21H21FN4O4. The van der Waals surface area contributed by atoms with Crippen LogP contribution < -0.4 is 11.2 Å². The Labute approximate surface area is 171 Å². The summed E-state index contributed by atoms with van der Waals surface area (Å²) in [6.07, 6.45) is 5.57. The molecule has 0 spiro atoms. The highest BCUT2D eigenvalue weighted by Crippen LogP contribution is 2.31. The monoisotopic (exact) mass is 412 g/mol. The van der Waals surface area contributed by atoms with Crippen molar-refractivity contribution in [2.24, 2.45) is 0 Å². The van der Waals surface area contributed by atoms with Gasteiger partial charge in [0.25, 0.3) is 5.56 Å². The average Bonchev–Trinajstić information content (AvgIpc) is 3.20. The zero-order valence-electron chi connectivity index (χ0n) is 16.2. The summed E-state index contributed by atoms with van der Waals surface area (Å²) in [5.74, 6) is 0.354. The van der Waals surface area contributed by atoms with Gasteiger partial charge < -0.3 is 9.32 Å². The third-order valence-corrected chi connectivity index (χ3v) is 5.20. The van der Waals surface area contributed by atoms with E-state index in [4.69, 9.17) is 4.42 Å². The number of hydrogen-bond donors (Lipinski definition) is 1. The average molecular weight is 412 g/mol. The van der Waals surface area contributed by atoms with Crippen LogP contribution in [0.1, 0.15) is 42.5 Å². The predicted octanol–water partition coefficient (Wildman–Crippen LogP) is 2.01. The maximum Gasteiger partial charge on any atom is 0.328 e. The summed E-state index contributed by atoms with van der Waals surface area (Å²) in [6.45, 7) is 0.335. The number of rotatable bonds is 5. The second-order valence-electron chi connectivity index (χ2n) is 7.27. The van der Waals surface area contributed by atoms with Crippen molar-refractivity contribution in [2.75, 3.05) is 6.54 Å². The molecule has 1 N–H and O–H groups in total. The molecule has 30 heavy (non-hydrogen) atoms. The normalized spacial score (nSPS) is 16.6. The number of aromatic amines is 1. The lowest BCUT2D eigenvalue weighted by Gasteiger charge is -2.33. The summed E-state index contributed by atoms with van der Waals surface area (Å²) < 4.78 is 20.9. The van der Waals surface area contributed by atoms with Crippen LogP contribution in [0.5, 0.6) is 0 Å². The Hall–Kier alpha value is -3.49. The van der Waals surface area contributed by atoms with Crippen LogP contribution in [-0.4, -0.2) is 31.9 Å². The number of nitrogens with one attached hydrogen (secondary N) is 1. The smallest absolute Gasteiger partial charge is 0.328 e. The number of hydrogen-bond acceptors (Lipinski definition) is 5. The lowest BCUT2D eigenvalue weighted by atomic mass is 10.0. The van der Waals surface area contributed by atoms with E-state index in [1.165, 1.54) is 18.3 Å². The second kappa shape index (κ2) is 8.48. The number of halogens is 1. The molecular weight excluding hydrogens is 391 g/mol. The number of carbonyl (C=O) groups excluding carboxylic acids is 1. The minimum atomic E-state index is -0.632. The fourth-order valence-corrected chi connectivity index (χ4v) is 3.68. The van der Waals surface area contributed by atoms with Gasteiger partial charge in [-0.15, -0.1) is 0 Å². The second-order valence-corrected chi connectivity index (χ2v) is 7.27. The predicted molar refractivity (Wildman–Crippen MR) is 105 cm³/mol. The van der Waals surface area contributed by atoms with Crippen LogP contribution >= 0.6 is 0 Å². The Morgan fingerprint density at radius 1 is 1.23 bits per heavy atom. The zero-order chi connectivity index (χ0) is 21.1. The molecule has 3 heterocycles. The molecule has 1 aliphatic heterocycles. The van der Waals surface area contributed by atoms with E-state index in [1.54, 1.807) is 29.3 Å². The molecule has 1 saturated heterocycles. The minimum absolute atomic E-state index is 0.186. The number of H-pyrrole nitrogens is 1. The molecule has 0 unspecified atom stereocenters. The Kier molecular flexibility index (Phi) is 5.60. The fraction of sp³-hybridized carbons (Fsp3) is 0.333. The molecule has 9 heteroatoms. The van der Waals surface area contributed by atoms with Gasteiger partial charge >= 0.3 is 5.69 Å².